The summed E-state index contributed by atoms with van der Waals surface area (Å²) in [6.07, 6.45) is -0.242. The third-order valence-electron chi connectivity index (χ3n) is 2.94. The minimum atomic E-state index is -0.795. The Morgan fingerprint density at radius 3 is 2.62 bits per heavy atom. The molecule has 6 nitrogen and oxygen atoms in total. The van der Waals surface area contributed by atoms with Gasteiger partial charge >= 0.3 is 0 Å². The summed E-state index contributed by atoms with van der Waals surface area (Å²) >= 11 is 0. The van der Waals surface area contributed by atoms with E-state index in [0.29, 0.717) is 6.42 Å². The minimum Gasteiger partial charge on any atom is -0.391 e. The number of carbonyl (C=O) groups excluding carboxylic acids is 1. The number of nitro groups is 1. The Balaban J connectivity index is 2.85. The molecule has 21 heavy (non-hydrogen) atoms. The monoisotopic (exact) mass is 298 g/mol. The van der Waals surface area contributed by atoms with Gasteiger partial charge in [-0.2, -0.15) is 0 Å². The van der Waals surface area contributed by atoms with Crippen molar-refractivity contribution in [3.63, 3.8) is 0 Å². The van der Waals surface area contributed by atoms with E-state index in [1.54, 1.807) is 0 Å². The van der Waals surface area contributed by atoms with E-state index in [1.807, 2.05) is 13.8 Å². The molecule has 0 fully saturated rings. The van der Waals surface area contributed by atoms with Gasteiger partial charge in [-0.05, 0) is 24.8 Å². The van der Waals surface area contributed by atoms with E-state index in [4.69, 9.17) is 0 Å². The van der Waals surface area contributed by atoms with Gasteiger partial charge < -0.3 is 10.4 Å². The van der Waals surface area contributed by atoms with Crippen LogP contribution in [0, 0.1) is 28.8 Å². The highest BCUT2D eigenvalue weighted by Gasteiger charge is 2.20. The molecule has 1 atom stereocenters. The number of hydrogen-bond acceptors (Lipinski definition) is 4. The van der Waals surface area contributed by atoms with Crippen LogP contribution in [-0.2, 0) is 0 Å². The van der Waals surface area contributed by atoms with Gasteiger partial charge in [-0.15, -0.1) is 0 Å². The van der Waals surface area contributed by atoms with Crippen LogP contribution >= 0.6 is 0 Å². The fraction of sp³-hybridized carbons (Fsp3) is 0.500. The van der Waals surface area contributed by atoms with Crippen LogP contribution < -0.4 is 5.32 Å². The largest absolute Gasteiger partial charge is 0.391 e. The predicted octanol–water partition coefficient (Wildman–Crippen LogP) is 2.18. The summed E-state index contributed by atoms with van der Waals surface area (Å²) in [7, 11) is 0. The van der Waals surface area contributed by atoms with E-state index in [2.05, 4.69) is 5.32 Å². The molecule has 0 spiro atoms. The number of nitrogens with one attached hydrogen (secondary N) is 1. The van der Waals surface area contributed by atoms with Crippen molar-refractivity contribution in [1.82, 2.24) is 5.32 Å². The summed E-state index contributed by atoms with van der Waals surface area (Å²) in [6, 6.07) is 1.96. The lowest BCUT2D eigenvalue weighted by Crippen LogP contribution is -2.33. The van der Waals surface area contributed by atoms with E-state index < -0.39 is 28.3 Å². The summed E-state index contributed by atoms with van der Waals surface area (Å²) in [5.74, 6) is -1.31. The number of carbonyl (C=O) groups is 1. The number of non-ortho nitro benzene ring substituents is 1. The quantitative estimate of drug-likeness (QED) is 0.622. The second-order valence-corrected chi connectivity index (χ2v) is 5.37. The van der Waals surface area contributed by atoms with Gasteiger partial charge in [0.05, 0.1) is 16.6 Å². The molecule has 1 unspecified atom stereocenters. The van der Waals surface area contributed by atoms with Crippen molar-refractivity contribution < 1.29 is 19.2 Å². The molecule has 1 rings (SSSR count). The molecular weight excluding hydrogens is 279 g/mol. The molecule has 0 bridgehead atoms. The number of amides is 1. The Kier molecular flexibility index (Phi) is 5.78. The van der Waals surface area contributed by atoms with E-state index in [9.17, 15) is 24.4 Å². The molecule has 1 aromatic rings. The van der Waals surface area contributed by atoms with Crippen LogP contribution in [-0.4, -0.2) is 28.6 Å². The average Bonchev–Trinajstić information content (AvgIpc) is 2.37. The molecule has 116 valence electrons. The van der Waals surface area contributed by atoms with Crippen molar-refractivity contribution >= 4 is 11.6 Å². The van der Waals surface area contributed by atoms with E-state index in [0.717, 1.165) is 12.1 Å². The van der Waals surface area contributed by atoms with Crippen LogP contribution in [0.5, 0.6) is 0 Å². The first kappa shape index (κ1) is 17.0. The molecule has 0 saturated carbocycles. The average molecular weight is 298 g/mol. The fourth-order valence-electron chi connectivity index (χ4n) is 1.95. The molecule has 0 aliphatic heterocycles. The highest BCUT2D eigenvalue weighted by molar-refractivity contribution is 5.95. The van der Waals surface area contributed by atoms with Crippen molar-refractivity contribution in [1.29, 1.82) is 0 Å². The Morgan fingerprint density at radius 2 is 2.10 bits per heavy atom. The van der Waals surface area contributed by atoms with Crippen molar-refractivity contribution in [2.24, 2.45) is 5.92 Å². The van der Waals surface area contributed by atoms with Crippen LogP contribution in [0.1, 0.15) is 36.2 Å². The molecule has 0 radical (unpaired) electrons. The number of hydrogen-bond donors (Lipinski definition) is 2. The summed E-state index contributed by atoms with van der Waals surface area (Å²) in [6.45, 7) is 5.17. The first-order valence-corrected chi connectivity index (χ1v) is 6.63. The zero-order valence-corrected chi connectivity index (χ0v) is 12.2. The molecule has 0 aromatic heterocycles. The molecule has 2 N–H and O–H groups in total. The van der Waals surface area contributed by atoms with Crippen LogP contribution in [0.4, 0.5) is 10.1 Å². The van der Waals surface area contributed by atoms with Crippen molar-refractivity contribution in [3.05, 3.63) is 39.2 Å². The number of aryl methyl sites for hydroxylation is 1. The smallest absolute Gasteiger partial charge is 0.270 e. The van der Waals surface area contributed by atoms with Gasteiger partial charge in [0.15, 0.2) is 0 Å². The molecule has 1 amide bonds. The number of rotatable bonds is 6. The minimum absolute atomic E-state index is 0.0251. The second-order valence-electron chi connectivity index (χ2n) is 5.37. The molecule has 0 aliphatic carbocycles. The maximum absolute atomic E-state index is 13.9. The van der Waals surface area contributed by atoms with Crippen molar-refractivity contribution in [2.75, 3.05) is 6.54 Å². The predicted molar refractivity (Wildman–Crippen MR) is 75.6 cm³/mol. The second kappa shape index (κ2) is 7.12. The van der Waals surface area contributed by atoms with Crippen LogP contribution in [0.25, 0.3) is 0 Å². The van der Waals surface area contributed by atoms with Crippen LogP contribution in [0.2, 0.25) is 0 Å². The van der Waals surface area contributed by atoms with E-state index >= 15 is 0 Å². The number of nitrogens with zero attached hydrogens (tertiary/aromatic N) is 1. The molecule has 0 saturated heterocycles. The summed E-state index contributed by atoms with van der Waals surface area (Å²) in [5, 5.41) is 22.8. The van der Waals surface area contributed by atoms with Gasteiger partial charge in [0.1, 0.15) is 5.82 Å². The van der Waals surface area contributed by atoms with Crippen molar-refractivity contribution in [2.45, 2.75) is 33.3 Å². The molecule has 7 heteroatoms. The van der Waals surface area contributed by atoms with Crippen LogP contribution in [0.15, 0.2) is 12.1 Å². The number of aliphatic hydroxyl groups excluding tert-OH is 1. The van der Waals surface area contributed by atoms with Gasteiger partial charge in [0.25, 0.3) is 11.6 Å². The zero-order valence-electron chi connectivity index (χ0n) is 12.2. The highest BCUT2D eigenvalue weighted by atomic mass is 19.1. The van der Waals surface area contributed by atoms with Gasteiger partial charge in [0.2, 0.25) is 0 Å². The SMILES string of the molecule is Cc1cc([N+](=O)[O-])cc(C(=O)NCC(O)CC(C)C)c1F. The maximum atomic E-state index is 13.9. The Morgan fingerprint density at radius 1 is 1.48 bits per heavy atom. The summed E-state index contributed by atoms with van der Waals surface area (Å²) in [5.41, 5.74) is -0.711. The lowest BCUT2D eigenvalue weighted by Gasteiger charge is -2.14. The van der Waals surface area contributed by atoms with E-state index in [1.165, 1.54) is 6.92 Å². The lowest BCUT2D eigenvalue weighted by atomic mass is 10.1. The first-order chi connectivity index (χ1) is 9.72. The molecule has 1 aromatic carbocycles. The Labute approximate surface area is 122 Å². The Bertz CT molecular complexity index is 546. The van der Waals surface area contributed by atoms with Crippen LogP contribution in [0.3, 0.4) is 0 Å². The molecular formula is C14H19FN2O4. The van der Waals surface area contributed by atoms with Crippen molar-refractivity contribution in [3.8, 4) is 0 Å². The van der Waals surface area contributed by atoms with Gasteiger partial charge in [-0.25, -0.2) is 4.39 Å². The summed E-state index contributed by atoms with van der Waals surface area (Å²) < 4.78 is 13.9. The standard InChI is InChI=1S/C14H19FN2O4/c1-8(2)4-11(18)7-16-14(19)12-6-10(17(20)21)5-9(3)13(12)15/h5-6,8,11,18H,4,7H2,1-3H3,(H,16,19). The number of benzene rings is 1. The zero-order chi connectivity index (χ0) is 16.2. The molecule has 0 heterocycles. The fourth-order valence-corrected chi connectivity index (χ4v) is 1.95. The number of nitro benzene ring substituents is 1. The normalized spacial score (nSPS) is 12.3. The van der Waals surface area contributed by atoms with Gasteiger partial charge in [-0.1, -0.05) is 13.8 Å². The maximum Gasteiger partial charge on any atom is 0.270 e. The third-order valence-corrected chi connectivity index (χ3v) is 2.94. The van der Waals surface area contributed by atoms with Gasteiger partial charge in [-0.3, -0.25) is 14.9 Å². The van der Waals surface area contributed by atoms with E-state index in [-0.39, 0.29) is 23.7 Å². The third kappa shape index (κ3) is 4.78. The Hall–Kier alpha value is -2.02. The molecule has 0 aliphatic rings. The number of aliphatic hydroxyl groups is 1. The topological polar surface area (TPSA) is 92.5 Å². The summed E-state index contributed by atoms with van der Waals surface area (Å²) in [4.78, 5) is 22.0. The lowest BCUT2D eigenvalue weighted by molar-refractivity contribution is -0.385. The first-order valence-electron chi connectivity index (χ1n) is 6.63. The van der Waals surface area contributed by atoms with Gasteiger partial charge in [0, 0.05) is 18.7 Å². The highest BCUT2D eigenvalue weighted by Crippen LogP contribution is 2.21. The number of halogens is 1.